The normalized spacial score (nSPS) is 24.2. The van der Waals surface area contributed by atoms with E-state index >= 15 is 0 Å². The molecule has 0 radical (unpaired) electrons. The Kier molecular flexibility index (Phi) is 6.07. The van der Waals surface area contributed by atoms with Gasteiger partial charge in [0.25, 0.3) is 5.91 Å². The van der Waals surface area contributed by atoms with Crippen LogP contribution < -0.4 is 10.1 Å². The fourth-order valence-electron chi connectivity index (χ4n) is 4.67. The number of rotatable bonds is 5. The predicted octanol–water partition coefficient (Wildman–Crippen LogP) is 4.78. The molecule has 2 aromatic rings. The number of fused-ring (bicyclic) bond motifs is 1. The van der Waals surface area contributed by atoms with E-state index in [4.69, 9.17) is 16.3 Å². The standard InChI is InChI=1S/C23H29ClN2O2/c1-16(28-22-13-12-19(24)17-8-2-3-9-18(17)22)23(27)25-20-10-4-5-11-21(20)26-14-6-7-15-26/h2-3,8-9,12-13,16,20-21H,4-7,10-11,14-15H2,1H3,(H,25,27). The molecule has 4 nitrogen and oxygen atoms in total. The molecule has 1 aliphatic heterocycles. The molecule has 1 heterocycles. The van der Waals surface area contributed by atoms with Crippen molar-refractivity contribution in [1.82, 2.24) is 10.2 Å². The zero-order valence-electron chi connectivity index (χ0n) is 16.5. The van der Waals surface area contributed by atoms with Crippen LogP contribution >= 0.6 is 11.6 Å². The van der Waals surface area contributed by atoms with Crippen molar-refractivity contribution < 1.29 is 9.53 Å². The SMILES string of the molecule is CC(Oc1ccc(Cl)c2ccccc12)C(=O)NC1CCCCC1N1CCCC1. The lowest BCUT2D eigenvalue weighted by atomic mass is 9.89. The lowest BCUT2D eigenvalue weighted by Gasteiger charge is -2.38. The third-order valence-electron chi connectivity index (χ3n) is 6.17. The first-order valence-corrected chi connectivity index (χ1v) is 10.9. The molecule has 1 aliphatic carbocycles. The lowest BCUT2D eigenvalue weighted by Crippen LogP contribution is -2.54. The minimum Gasteiger partial charge on any atom is -0.480 e. The molecule has 1 saturated heterocycles. The molecule has 0 bridgehead atoms. The quantitative estimate of drug-likeness (QED) is 0.784. The molecule has 1 saturated carbocycles. The summed E-state index contributed by atoms with van der Waals surface area (Å²) in [6, 6.07) is 12.2. The van der Waals surface area contributed by atoms with E-state index in [0.717, 1.165) is 17.2 Å². The number of nitrogens with one attached hydrogen (secondary N) is 1. The Labute approximate surface area is 172 Å². The minimum atomic E-state index is -0.550. The summed E-state index contributed by atoms with van der Waals surface area (Å²) in [5.41, 5.74) is 0. The maximum absolute atomic E-state index is 12.9. The van der Waals surface area contributed by atoms with Crippen LogP contribution in [0.3, 0.4) is 0 Å². The van der Waals surface area contributed by atoms with Gasteiger partial charge in [-0.05, 0) is 57.8 Å². The van der Waals surface area contributed by atoms with Crippen molar-refractivity contribution >= 4 is 28.3 Å². The van der Waals surface area contributed by atoms with Crippen LogP contribution in [-0.4, -0.2) is 42.1 Å². The second kappa shape index (κ2) is 8.71. The van der Waals surface area contributed by atoms with Gasteiger partial charge in [0.15, 0.2) is 6.10 Å². The van der Waals surface area contributed by atoms with Gasteiger partial charge in [0.05, 0.1) is 0 Å². The van der Waals surface area contributed by atoms with Crippen molar-refractivity contribution in [2.24, 2.45) is 0 Å². The highest BCUT2D eigenvalue weighted by atomic mass is 35.5. The fourth-order valence-corrected chi connectivity index (χ4v) is 4.90. The number of hydrogen-bond acceptors (Lipinski definition) is 3. The number of halogens is 1. The van der Waals surface area contributed by atoms with E-state index in [0.29, 0.717) is 16.8 Å². The van der Waals surface area contributed by atoms with Crippen molar-refractivity contribution in [3.8, 4) is 5.75 Å². The first kappa shape index (κ1) is 19.5. The Hall–Kier alpha value is -1.78. The molecule has 1 N–H and O–H groups in total. The van der Waals surface area contributed by atoms with Crippen LogP contribution in [0.4, 0.5) is 0 Å². The van der Waals surface area contributed by atoms with Gasteiger partial charge in [0.2, 0.25) is 0 Å². The number of carbonyl (C=O) groups is 1. The number of likely N-dealkylation sites (tertiary alicyclic amines) is 1. The average molecular weight is 401 g/mol. The van der Waals surface area contributed by atoms with Crippen molar-refractivity contribution in [1.29, 1.82) is 0 Å². The van der Waals surface area contributed by atoms with Crippen LogP contribution in [0.5, 0.6) is 5.75 Å². The number of benzene rings is 2. The molecule has 5 heteroatoms. The Bertz CT molecular complexity index is 834. The predicted molar refractivity (Wildman–Crippen MR) is 114 cm³/mol. The van der Waals surface area contributed by atoms with Gasteiger partial charge in [-0.25, -0.2) is 0 Å². The average Bonchev–Trinajstić information content (AvgIpc) is 3.25. The van der Waals surface area contributed by atoms with Crippen molar-refractivity contribution in [2.75, 3.05) is 13.1 Å². The van der Waals surface area contributed by atoms with E-state index in [1.807, 2.05) is 43.3 Å². The summed E-state index contributed by atoms with van der Waals surface area (Å²) in [4.78, 5) is 15.5. The van der Waals surface area contributed by atoms with Crippen LogP contribution in [0.15, 0.2) is 36.4 Å². The number of carbonyl (C=O) groups excluding carboxylic acids is 1. The zero-order chi connectivity index (χ0) is 19.5. The van der Waals surface area contributed by atoms with Crippen molar-refractivity contribution in [3.05, 3.63) is 41.4 Å². The smallest absolute Gasteiger partial charge is 0.261 e. The van der Waals surface area contributed by atoms with Crippen molar-refractivity contribution in [3.63, 3.8) is 0 Å². The van der Waals surface area contributed by atoms with Gasteiger partial charge in [-0.15, -0.1) is 0 Å². The molecule has 0 aromatic heterocycles. The van der Waals surface area contributed by atoms with Gasteiger partial charge < -0.3 is 10.1 Å². The van der Waals surface area contributed by atoms with Gasteiger partial charge >= 0.3 is 0 Å². The van der Waals surface area contributed by atoms with E-state index in [1.165, 1.54) is 45.2 Å². The highest BCUT2D eigenvalue weighted by molar-refractivity contribution is 6.35. The Morgan fingerprint density at radius 2 is 1.79 bits per heavy atom. The summed E-state index contributed by atoms with van der Waals surface area (Å²) < 4.78 is 6.06. The molecule has 2 fully saturated rings. The van der Waals surface area contributed by atoms with Gasteiger partial charge in [0.1, 0.15) is 5.75 Å². The largest absolute Gasteiger partial charge is 0.480 e. The van der Waals surface area contributed by atoms with Crippen molar-refractivity contribution in [2.45, 2.75) is 63.6 Å². The lowest BCUT2D eigenvalue weighted by molar-refractivity contribution is -0.128. The molecular weight excluding hydrogens is 372 g/mol. The zero-order valence-corrected chi connectivity index (χ0v) is 17.3. The first-order chi connectivity index (χ1) is 13.6. The van der Waals surface area contributed by atoms with Crippen LogP contribution in [0.1, 0.15) is 45.4 Å². The summed E-state index contributed by atoms with van der Waals surface area (Å²) in [6.07, 6.45) is 6.69. The van der Waals surface area contributed by atoms with Gasteiger partial charge in [-0.2, -0.15) is 0 Å². The molecule has 2 aliphatic rings. The topological polar surface area (TPSA) is 41.6 Å². The minimum absolute atomic E-state index is 0.0323. The molecule has 28 heavy (non-hydrogen) atoms. The maximum atomic E-state index is 12.9. The molecule has 1 amide bonds. The Morgan fingerprint density at radius 1 is 1.07 bits per heavy atom. The monoisotopic (exact) mass is 400 g/mol. The second-order valence-corrected chi connectivity index (χ2v) is 8.47. The molecule has 150 valence electrons. The number of hydrogen-bond donors (Lipinski definition) is 1. The molecule has 3 atom stereocenters. The van der Waals surface area contributed by atoms with E-state index < -0.39 is 6.10 Å². The van der Waals surface area contributed by atoms with Crippen LogP contribution in [0, 0.1) is 0 Å². The maximum Gasteiger partial charge on any atom is 0.261 e. The van der Waals surface area contributed by atoms with E-state index in [1.54, 1.807) is 0 Å². The second-order valence-electron chi connectivity index (χ2n) is 8.06. The molecular formula is C23H29ClN2O2. The first-order valence-electron chi connectivity index (χ1n) is 10.5. The highest BCUT2D eigenvalue weighted by Crippen LogP contribution is 2.32. The van der Waals surface area contributed by atoms with Crippen LogP contribution in [0.2, 0.25) is 5.02 Å². The fraction of sp³-hybridized carbons (Fsp3) is 0.522. The Balaban J connectivity index is 1.44. The highest BCUT2D eigenvalue weighted by Gasteiger charge is 2.33. The third kappa shape index (κ3) is 4.13. The van der Waals surface area contributed by atoms with Gasteiger partial charge in [0, 0.05) is 27.9 Å². The Morgan fingerprint density at radius 3 is 2.57 bits per heavy atom. The van der Waals surface area contributed by atoms with E-state index in [2.05, 4.69) is 10.2 Å². The summed E-state index contributed by atoms with van der Waals surface area (Å²) in [5, 5.41) is 5.86. The van der Waals surface area contributed by atoms with Gasteiger partial charge in [-0.3, -0.25) is 9.69 Å². The van der Waals surface area contributed by atoms with E-state index in [9.17, 15) is 4.79 Å². The van der Waals surface area contributed by atoms with Crippen LogP contribution in [0.25, 0.3) is 10.8 Å². The van der Waals surface area contributed by atoms with E-state index in [-0.39, 0.29) is 11.9 Å². The summed E-state index contributed by atoms with van der Waals surface area (Å²) >= 11 is 6.30. The number of ether oxygens (including phenoxy) is 1. The molecule has 2 aromatic carbocycles. The molecule has 0 spiro atoms. The summed E-state index contributed by atoms with van der Waals surface area (Å²) in [7, 11) is 0. The number of amides is 1. The third-order valence-corrected chi connectivity index (χ3v) is 6.50. The molecule has 4 rings (SSSR count). The van der Waals surface area contributed by atoms with Crippen LogP contribution in [-0.2, 0) is 4.79 Å². The number of nitrogens with zero attached hydrogens (tertiary/aromatic N) is 1. The van der Waals surface area contributed by atoms with Gasteiger partial charge in [-0.1, -0.05) is 48.7 Å². The molecule has 3 unspecified atom stereocenters. The summed E-state index contributed by atoms with van der Waals surface area (Å²) in [5.74, 6) is 0.664. The summed E-state index contributed by atoms with van der Waals surface area (Å²) in [6.45, 7) is 4.16.